The molecule has 7 N–H and O–H groups in total. The Morgan fingerprint density at radius 1 is 1.10 bits per heavy atom. The van der Waals surface area contributed by atoms with Gasteiger partial charge in [0.2, 0.25) is 23.6 Å². The molecule has 1 saturated heterocycles. The molecule has 0 bridgehead atoms. The molecule has 0 saturated carbocycles. The summed E-state index contributed by atoms with van der Waals surface area (Å²) in [6, 6.07) is 12.8. The molecular formula is C37H50N6O6S. The van der Waals surface area contributed by atoms with Gasteiger partial charge in [-0.05, 0) is 60.9 Å². The molecule has 2 heterocycles. The Balaban J connectivity index is 1.35. The van der Waals surface area contributed by atoms with Crippen molar-refractivity contribution in [2.45, 2.75) is 97.0 Å². The molecule has 12 nitrogen and oxygen atoms in total. The van der Waals surface area contributed by atoms with E-state index in [1.165, 1.54) is 4.90 Å². The topological polar surface area (TPSA) is 190 Å². The van der Waals surface area contributed by atoms with Crippen molar-refractivity contribution in [3.63, 3.8) is 0 Å². The number of β-amino-alcohol motifs (C(OH)–C–C–N with tert-alkyl or cyclic N) is 1. The lowest BCUT2D eigenvalue weighted by Gasteiger charge is -2.35. The van der Waals surface area contributed by atoms with Crippen LogP contribution in [-0.4, -0.2) is 76.0 Å². The van der Waals surface area contributed by atoms with Gasteiger partial charge in [-0.1, -0.05) is 57.2 Å². The standard InChI is InChI=1S/C37H50N6O6S/c1-22(25-10-12-26(13-11-25)33-23(2)40-21-50-33)41-35(47)30-18-28(44)19-43(30)36(48)34(37(3,4)5)42-32(46)16-9-24-7-6-8-29(17-24)49-20-27(38)14-15-31(39)45/h6-8,10-13,17,21-22,27-28,30,34,44H,9,14-16,18-20,38H2,1-5H3,(H2,39,45)(H,41,47)(H,42,46)/t22-,27-,28+,30-,34+/m0/s1. The highest BCUT2D eigenvalue weighted by Crippen LogP contribution is 2.29. The molecule has 4 rings (SSSR count). The zero-order chi connectivity index (χ0) is 36.6. The van der Waals surface area contributed by atoms with Crippen molar-refractivity contribution in [1.82, 2.24) is 20.5 Å². The molecule has 1 aliphatic heterocycles. The summed E-state index contributed by atoms with van der Waals surface area (Å²) in [5.41, 5.74) is 16.1. The number of ether oxygens (including phenoxy) is 1. The first-order valence-corrected chi connectivity index (χ1v) is 17.8. The van der Waals surface area contributed by atoms with E-state index in [0.29, 0.717) is 18.6 Å². The molecule has 0 unspecified atom stereocenters. The highest BCUT2D eigenvalue weighted by atomic mass is 32.1. The van der Waals surface area contributed by atoms with Gasteiger partial charge in [-0.2, -0.15) is 0 Å². The maximum absolute atomic E-state index is 14.0. The number of nitrogens with zero attached hydrogens (tertiary/aromatic N) is 2. The van der Waals surface area contributed by atoms with Crippen molar-refractivity contribution in [1.29, 1.82) is 0 Å². The first kappa shape index (κ1) is 38.5. The summed E-state index contributed by atoms with van der Waals surface area (Å²) in [7, 11) is 0. The van der Waals surface area contributed by atoms with Gasteiger partial charge in [0.1, 0.15) is 24.4 Å². The van der Waals surface area contributed by atoms with Gasteiger partial charge in [0, 0.05) is 31.8 Å². The minimum absolute atomic E-state index is 0.00434. The number of nitrogens with two attached hydrogens (primary N) is 2. The SMILES string of the molecule is Cc1ncsc1-c1ccc([C@H](C)NC(=O)[C@@H]2C[C@@H](O)CN2C(=O)[C@@H](NC(=O)CCc2cccc(OC[C@@H](N)CCC(N)=O)c2)C(C)(C)C)cc1. The van der Waals surface area contributed by atoms with E-state index in [9.17, 15) is 24.3 Å². The number of aliphatic hydroxyl groups excluding tert-OH is 1. The Bertz CT molecular complexity index is 1640. The van der Waals surface area contributed by atoms with E-state index < -0.39 is 35.4 Å². The molecule has 1 aromatic heterocycles. The molecule has 2 aromatic carbocycles. The molecule has 270 valence electrons. The summed E-state index contributed by atoms with van der Waals surface area (Å²) < 4.78 is 5.77. The molecule has 3 aromatic rings. The summed E-state index contributed by atoms with van der Waals surface area (Å²) in [5, 5.41) is 16.5. The molecule has 0 aliphatic carbocycles. The summed E-state index contributed by atoms with van der Waals surface area (Å²) in [4.78, 5) is 58.6. The predicted molar refractivity (Wildman–Crippen MR) is 193 cm³/mol. The third-order valence-electron chi connectivity index (χ3n) is 8.82. The first-order chi connectivity index (χ1) is 23.6. The highest BCUT2D eigenvalue weighted by Gasteiger charge is 2.44. The van der Waals surface area contributed by atoms with Crippen molar-refractivity contribution in [3.05, 3.63) is 70.9 Å². The van der Waals surface area contributed by atoms with E-state index >= 15 is 0 Å². The van der Waals surface area contributed by atoms with Crippen LogP contribution in [0.15, 0.2) is 54.0 Å². The predicted octanol–water partition coefficient (Wildman–Crippen LogP) is 3.39. The Morgan fingerprint density at radius 2 is 1.82 bits per heavy atom. The molecule has 5 atom stereocenters. The maximum Gasteiger partial charge on any atom is 0.246 e. The number of aromatic nitrogens is 1. The Labute approximate surface area is 298 Å². The average Bonchev–Trinajstić information content (AvgIpc) is 3.69. The third kappa shape index (κ3) is 10.6. The quantitative estimate of drug-likeness (QED) is 0.159. The Kier molecular flexibility index (Phi) is 13.1. The lowest BCUT2D eigenvalue weighted by atomic mass is 9.85. The van der Waals surface area contributed by atoms with Crippen molar-refractivity contribution < 1.29 is 29.0 Å². The zero-order valence-corrected chi connectivity index (χ0v) is 30.3. The maximum atomic E-state index is 14.0. The van der Waals surface area contributed by atoms with E-state index in [1.807, 2.05) is 82.6 Å². The summed E-state index contributed by atoms with van der Waals surface area (Å²) >= 11 is 1.57. The molecule has 13 heteroatoms. The fraction of sp³-hybridized carbons (Fsp3) is 0.486. The van der Waals surface area contributed by atoms with Crippen LogP contribution in [0.25, 0.3) is 10.4 Å². The van der Waals surface area contributed by atoms with Gasteiger partial charge in [-0.3, -0.25) is 19.2 Å². The molecule has 0 radical (unpaired) electrons. The number of benzene rings is 2. The number of hydrogen-bond acceptors (Lipinski definition) is 9. The fourth-order valence-corrected chi connectivity index (χ4v) is 6.72. The van der Waals surface area contributed by atoms with Crippen LogP contribution in [0.4, 0.5) is 0 Å². The van der Waals surface area contributed by atoms with Crippen molar-refractivity contribution in [3.8, 4) is 16.2 Å². The summed E-state index contributed by atoms with van der Waals surface area (Å²) in [5.74, 6) is -0.911. The minimum atomic E-state index is -0.924. The van der Waals surface area contributed by atoms with Crippen LogP contribution >= 0.6 is 11.3 Å². The third-order valence-corrected chi connectivity index (χ3v) is 9.80. The number of primary amides is 1. The van der Waals surface area contributed by atoms with Crippen molar-refractivity contribution in [2.75, 3.05) is 13.2 Å². The highest BCUT2D eigenvalue weighted by molar-refractivity contribution is 7.13. The van der Waals surface area contributed by atoms with Crippen molar-refractivity contribution >= 4 is 35.0 Å². The molecule has 4 amide bonds. The lowest BCUT2D eigenvalue weighted by molar-refractivity contribution is -0.144. The molecule has 1 fully saturated rings. The molecule has 1 aliphatic rings. The summed E-state index contributed by atoms with van der Waals surface area (Å²) in [6.07, 6.45) is 0.369. The number of nitrogens with one attached hydrogen (secondary N) is 2. The second-order valence-corrected chi connectivity index (χ2v) is 15.0. The smallest absolute Gasteiger partial charge is 0.246 e. The second kappa shape index (κ2) is 17.1. The largest absolute Gasteiger partial charge is 0.492 e. The minimum Gasteiger partial charge on any atom is -0.492 e. The summed E-state index contributed by atoms with van der Waals surface area (Å²) in [6.45, 7) is 9.62. The number of thiazole rings is 1. The molecule has 0 spiro atoms. The number of aryl methyl sites for hydroxylation is 2. The van der Waals surface area contributed by atoms with Gasteiger partial charge < -0.3 is 36.8 Å². The number of aliphatic hydroxyl groups is 1. The van der Waals surface area contributed by atoms with Crippen LogP contribution in [0.2, 0.25) is 0 Å². The van der Waals surface area contributed by atoms with Gasteiger partial charge in [-0.25, -0.2) is 4.98 Å². The van der Waals surface area contributed by atoms with Crippen LogP contribution in [0, 0.1) is 12.3 Å². The van der Waals surface area contributed by atoms with Crippen LogP contribution in [-0.2, 0) is 25.6 Å². The van der Waals surface area contributed by atoms with Gasteiger partial charge in [0.25, 0.3) is 0 Å². The van der Waals surface area contributed by atoms with Gasteiger partial charge in [0.15, 0.2) is 0 Å². The fourth-order valence-electron chi connectivity index (χ4n) is 5.91. The number of hydrogen-bond donors (Lipinski definition) is 5. The molecule has 50 heavy (non-hydrogen) atoms. The van der Waals surface area contributed by atoms with Crippen LogP contribution in [0.1, 0.15) is 76.2 Å². The number of likely N-dealkylation sites (tertiary alicyclic amines) is 1. The number of carbonyl (C=O) groups excluding carboxylic acids is 4. The van der Waals surface area contributed by atoms with E-state index in [-0.39, 0.29) is 56.3 Å². The van der Waals surface area contributed by atoms with Crippen LogP contribution in [0.5, 0.6) is 5.75 Å². The first-order valence-electron chi connectivity index (χ1n) is 17.0. The Hall–Kier alpha value is -4.33. The Morgan fingerprint density at radius 3 is 2.46 bits per heavy atom. The molecular weight excluding hydrogens is 657 g/mol. The van der Waals surface area contributed by atoms with Crippen molar-refractivity contribution in [2.24, 2.45) is 16.9 Å². The van der Waals surface area contributed by atoms with Crippen LogP contribution in [0.3, 0.4) is 0 Å². The van der Waals surface area contributed by atoms with E-state index in [1.54, 1.807) is 17.4 Å². The van der Waals surface area contributed by atoms with Gasteiger partial charge >= 0.3 is 0 Å². The normalized spacial score (nSPS) is 17.9. The monoisotopic (exact) mass is 706 g/mol. The lowest BCUT2D eigenvalue weighted by Crippen LogP contribution is -2.57. The zero-order valence-electron chi connectivity index (χ0n) is 29.5. The van der Waals surface area contributed by atoms with Crippen LogP contribution < -0.4 is 26.8 Å². The van der Waals surface area contributed by atoms with E-state index in [4.69, 9.17) is 16.2 Å². The number of amides is 4. The van der Waals surface area contributed by atoms with Gasteiger partial charge in [-0.15, -0.1) is 11.3 Å². The van der Waals surface area contributed by atoms with Gasteiger partial charge in [0.05, 0.1) is 28.2 Å². The second-order valence-electron chi connectivity index (χ2n) is 14.1. The number of rotatable bonds is 15. The number of carbonyl (C=O) groups is 4. The van der Waals surface area contributed by atoms with E-state index in [2.05, 4.69) is 15.6 Å². The average molecular weight is 707 g/mol. The van der Waals surface area contributed by atoms with E-state index in [0.717, 1.165) is 27.3 Å².